The van der Waals surface area contributed by atoms with E-state index in [4.69, 9.17) is 16.4 Å². The van der Waals surface area contributed by atoms with Gasteiger partial charge in [0.15, 0.2) is 0 Å². The summed E-state index contributed by atoms with van der Waals surface area (Å²) in [5.41, 5.74) is 2.00. The highest BCUT2D eigenvalue weighted by Gasteiger charge is 2.24. The first kappa shape index (κ1) is 18.0. The molecule has 0 aliphatic carbocycles. The smallest absolute Gasteiger partial charge is 0.145 e. The van der Waals surface area contributed by atoms with Crippen LogP contribution in [-0.2, 0) is 4.84 Å². The fourth-order valence-electron chi connectivity index (χ4n) is 2.66. The Kier molecular flexibility index (Phi) is 7.09. The number of likely N-dealkylation sites (N-methyl/N-ethyl adjacent to an activating group) is 1. The van der Waals surface area contributed by atoms with E-state index in [1.54, 1.807) is 0 Å². The van der Waals surface area contributed by atoms with Gasteiger partial charge in [-0.2, -0.15) is 0 Å². The van der Waals surface area contributed by atoms with Gasteiger partial charge in [0.1, 0.15) is 6.10 Å². The Bertz CT molecular complexity index is 530. The average molecular weight is 337 g/mol. The van der Waals surface area contributed by atoms with E-state index in [2.05, 4.69) is 23.6 Å². The second-order valence-corrected chi connectivity index (χ2v) is 6.28. The summed E-state index contributed by atoms with van der Waals surface area (Å²) in [6.45, 7) is 8.08. The molecule has 0 spiro atoms. The number of benzene rings is 1. The van der Waals surface area contributed by atoms with E-state index in [1.807, 2.05) is 30.3 Å². The van der Waals surface area contributed by atoms with Crippen molar-refractivity contribution in [3.63, 3.8) is 0 Å². The number of allylic oxidation sites excluding steroid dienone is 1. The van der Waals surface area contributed by atoms with Crippen LogP contribution in [0.1, 0.15) is 31.7 Å². The molecule has 5 heteroatoms. The largest absolute Gasteiger partial charge is 0.392 e. The molecule has 1 aromatic rings. The molecule has 0 saturated carbocycles. The Labute approximate surface area is 143 Å². The second-order valence-electron chi connectivity index (χ2n) is 5.85. The highest BCUT2D eigenvalue weighted by atomic mass is 35.5. The highest BCUT2D eigenvalue weighted by molar-refractivity contribution is 6.30. The summed E-state index contributed by atoms with van der Waals surface area (Å²) >= 11 is 5.91. The van der Waals surface area contributed by atoms with Gasteiger partial charge in [-0.15, -0.1) is 6.58 Å². The summed E-state index contributed by atoms with van der Waals surface area (Å²) in [6.07, 6.45) is 3.91. The number of rotatable bonds is 9. The summed E-state index contributed by atoms with van der Waals surface area (Å²) in [4.78, 5) is 7.77. The molecule has 23 heavy (non-hydrogen) atoms. The molecule has 2 atom stereocenters. The van der Waals surface area contributed by atoms with E-state index in [0.29, 0.717) is 6.54 Å². The van der Waals surface area contributed by atoms with E-state index in [1.165, 1.54) is 0 Å². The molecule has 0 radical (unpaired) electrons. The molecule has 0 amide bonds. The lowest BCUT2D eigenvalue weighted by Crippen LogP contribution is -2.38. The van der Waals surface area contributed by atoms with Crippen LogP contribution in [0.2, 0.25) is 5.02 Å². The van der Waals surface area contributed by atoms with Gasteiger partial charge in [-0.25, -0.2) is 0 Å². The molecule has 126 valence electrons. The fraction of sp³-hybridized carbons (Fsp3) is 0.500. The minimum absolute atomic E-state index is 0.0345. The van der Waals surface area contributed by atoms with Crippen LogP contribution in [0.25, 0.3) is 0 Å². The molecule has 4 nitrogen and oxygen atoms in total. The van der Waals surface area contributed by atoms with Crippen LogP contribution in [0.4, 0.5) is 0 Å². The van der Waals surface area contributed by atoms with Crippen molar-refractivity contribution >= 4 is 17.3 Å². The third-order valence-corrected chi connectivity index (χ3v) is 4.24. The zero-order chi connectivity index (χ0) is 16.7. The summed E-state index contributed by atoms with van der Waals surface area (Å²) in [5.74, 6) is 0. The van der Waals surface area contributed by atoms with Crippen molar-refractivity contribution in [1.82, 2.24) is 4.90 Å². The Hall–Kier alpha value is -1.36. The topological polar surface area (TPSA) is 45.1 Å². The molecule has 1 N–H and O–H groups in total. The molecule has 2 unspecified atom stereocenters. The number of nitrogens with zero attached hydrogens (tertiary/aromatic N) is 2. The number of oxime groups is 1. The monoisotopic (exact) mass is 336 g/mol. The maximum atomic E-state index is 10.0. The molecule has 1 aliphatic rings. The quantitative estimate of drug-likeness (QED) is 0.702. The first-order valence-electron chi connectivity index (χ1n) is 8.12. The van der Waals surface area contributed by atoms with Crippen LogP contribution in [0, 0.1) is 0 Å². The van der Waals surface area contributed by atoms with Crippen molar-refractivity contribution in [2.24, 2.45) is 5.16 Å². The second kappa shape index (κ2) is 9.06. The molecule has 2 rings (SSSR count). The van der Waals surface area contributed by atoms with E-state index < -0.39 is 0 Å². The van der Waals surface area contributed by atoms with Gasteiger partial charge in [0.05, 0.1) is 11.8 Å². The van der Waals surface area contributed by atoms with Crippen LogP contribution in [0.5, 0.6) is 0 Å². The number of hydrogen-bond donors (Lipinski definition) is 1. The predicted molar refractivity (Wildman–Crippen MR) is 95.0 cm³/mol. The highest BCUT2D eigenvalue weighted by Crippen LogP contribution is 2.19. The Balaban J connectivity index is 1.82. The van der Waals surface area contributed by atoms with Crippen molar-refractivity contribution in [2.75, 3.05) is 19.6 Å². The Morgan fingerprint density at radius 2 is 2.22 bits per heavy atom. The van der Waals surface area contributed by atoms with Gasteiger partial charge in [-0.05, 0) is 37.1 Å². The third-order valence-electron chi connectivity index (χ3n) is 3.99. The van der Waals surface area contributed by atoms with Gasteiger partial charge in [-0.3, -0.25) is 4.90 Å². The molecule has 1 aliphatic heterocycles. The lowest BCUT2D eigenvalue weighted by Gasteiger charge is -2.25. The van der Waals surface area contributed by atoms with Crippen LogP contribution >= 0.6 is 11.6 Å². The van der Waals surface area contributed by atoms with E-state index >= 15 is 0 Å². The maximum absolute atomic E-state index is 10.0. The summed E-state index contributed by atoms with van der Waals surface area (Å²) in [6, 6.07) is 7.65. The SMILES string of the molecule is C=CCCC(O)CN(CC)CC1CC(c2ccc(Cl)cc2)=NO1. The molecule has 1 aromatic carbocycles. The fourth-order valence-corrected chi connectivity index (χ4v) is 2.79. The van der Waals surface area contributed by atoms with E-state index in [9.17, 15) is 5.11 Å². The van der Waals surface area contributed by atoms with Crippen LogP contribution in [0.3, 0.4) is 0 Å². The van der Waals surface area contributed by atoms with Crippen molar-refractivity contribution in [2.45, 2.75) is 38.4 Å². The first-order valence-corrected chi connectivity index (χ1v) is 8.50. The minimum atomic E-state index is -0.328. The van der Waals surface area contributed by atoms with Crippen LogP contribution < -0.4 is 0 Å². The third kappa shape index (κ3) is 5.65. The molecule has 0 fully saturated rings. The molecule has 1 heterocycles. The summed E-state index contributed by atoms with van der Waals surface area (Å²) in [5, 5.41) is 15.0. The van der Waals surface area contributed by atoms with Crippen molar-refractivity contribution in [1.29, 1.82) is 0 Å². The van der Waals surface area contributed by atoms with Gasteiger partial charge >= 0.3 is 0 Å². The Morgan fingerprint density at radius 1 is 1.48 bits per heavy atom. The van der Waals surface area contributed by atoms with Crippen molar-refractivity contribution in [3.8, 4) is 0 Å². The number of halogens is 1. The van der Waals surface area contributed by atoms with Crippen molar-refractivity contribution < 1.29 is 9.94 Å². The van der Waals surface area contributed by atoms with E-state index in [0.717, 1.165) is 48.6 Å². The molecule has 0 aromatic heterocycles. The van der Waals surface area contributed by atoms with E-state index in [-0.39, 0.29) is 12.2 Å². The molecule has 0 bridgehead atoms. The number of aliphatic hydroxyl groups is 1. The van der Waals surface area contributed by atoms with Crippen LogP contribution in [0.15, 0.2) is 42.1 Å². The molecular formula is C18H25ClN2O2. The zero-order valence-electron chi connectivity index (χ0n) is 13.6. The standard InChI is InChI=1S/C18H25ClN2O2/c1-3-5-6-16(22)12-21(4-2)13-17-11-18(20-23-17)14-7-9-15(19)10-8-14/h3,7-10,16-17,22H,1,4-6,11-13H2,2H3. The first-order chi connectivity index (χ1) is 11.1. The Morgan fingerprint density at radius 3 is 2.87 bits per heavy atom. The van der Waals surface area contributed by atoms with Gasteiger partial charge in [-0.1, -0.05) is 41.9 Å². The lowest BCUT2D eigenvalue weighted by molar-refractivity contribution is 0.0356. The normalized spacial score (nSPS) is 18.6. The molecular weight excluding hydrogens is 312 g/mol. The van der Waals surface area contributed by atoms with Gasteiger partial charge in [0.2, 0.25) is 0 Å². The molecule has 0 saturated heterocycles. The number of hydrogen-bond acceptors (Lipinski definition) is 4. The van der Waals surface area contributed by atoms with Crippen LogP contribution in [-0.4, -0.2) is 47.6 Å². The lowest BCUT2D eigenvalue weighted by atomic mass is 10.0. The van der Waals surface area contributed by atoms with Crippen molar-refractivity contribution in [3.05, 3.63) is 47.5 Å². The van der Waals surface area contributed by atoms with Gasteiger partial charge < -0.3 is 9.94 Å². The predicted octanol–water partition coefficient (Wildman–Crippen LogP) is 3.48. The minimum Gasteiger partial charge on any atom is -0.392 e. The zero-order valence-corrected chi connectivity index (χ0v) is 14.4. The maximum Gasteiger partial charge on any atom is 0.145 e. The summed E-state index contributed by atoms with van der Waals surface area (Å²) in [7, 11) is 0. The van der Waals surface area contributed by atoms with Gasteiger partial charge in [0.25, 0.3) is 0 Å². The average Bonchev–Trinajstić information content (AvgIpc) is 3.01. The van der Waals surface area contributed by atoms with Gasteiger partial charge in [0, 0.05) is 24.5 Å². The number of aliphatic hydroxyl groups excluding tert-OH is 1. The summed E-state index contributed by atoms with van der Waals surface area (Å²) < 4.78 is 0.